The maximum atomic E-state index is 6.72. The van der Waals surface area contributed by atoms with Crippen LogP contribution in [0.1, 0.15) is 48.9 Å². The van der Waals surface area contributed by atoms with Gasteiger partial charge in [0.2, 0.25) is 5.72 Å². The van der Waals surface area contributed by atoms with Crippen molar-refractivity contribution in [2.45, 2.75) is 44.9 Å². The quantitative estimate of drug-likeness (QED) is 0.779. The molecule has 0 N–H and O–H groups in total. The number of nitrogens with zero attached hydrogens (tertiary/aromatic N) is 3. The molecule has 5 heteroatoms. The summed E-state index contributed by atoms with van der Waals surface area (Å²) >= 11 is 0. The lowest BCUT2D eigenvalue weighted by Crippen LogP contribution is -2.59. The van der Waals surface area contributed by atoms with Crippen molar-refractivity contribution in [2.75, 3.05) is 26.7 Å². The average molecular weight is 392 g/mol. The summed E-state index contributed by atoms with van der Waals surface area (Å²) in [6, 6.07) is 15.0. The van der Waals surface area contributed by atoms with Crippen LogP contribution in [-0.2, 0) is 0 Å². The van der Waals surface area contributed by atoms with Crippen LogP contribution in [0.3, 0.4) is 0 Å². The number of hydrazone groups is 1. The van der Waals surface area contributed by atoms with Gasteiger partial charge in [0.05, 0.1) is 18.9 Å². The van der Waals surface area contributed by atoms with Gasteiger partial charge in [-0.3, -0.25) is 0 Å². The van der Waals surface area contributed by atoms with Crippen LogP contribution in [0.15, 0.2) is 47.6 Å². The number of rotatable bonds is 3. The van der Waals surface area contributed by atoms with Crippen LogP contribution in [0, 0.1) is 6.92 Å². The molecule has 1 atom stereocenters. The molecule has 5 nitrogen and oxygen atoms in total. The summed E-state index contributed by atoms with van der Waals surface area (Å²) in [7, 11) is 1.71. The molecular formula is C24H29N3O2. The normalized spacial score (nSPS) is 22.7. The highest BCUT2D eigenvalue weighted by Crippen LogP contribution is 2.50. The molecule has 0 saturated carbocycles. The fraction of sp³-hybridized carbons (Fsp3) is 0.458. The third kappa shape index (κ3) is 3.08. The van der Waals surface area contributed by atoms with E-state index in [2.05, 4.69) is 54.1 Å². The van der Waals surface area contributed by atoms with Crippen LogP contribution >= 0.6 is 0 Å². The number of benzene rings is 2. The summed E-state index contributed by atoms with van der Waals surface area (Å²) < 4.78 is 12.2. The van der Waals surface area contributed by atoms with Crippen LogP contribution in [0.25, 0.3) is 0 Å². The molecule has 0 bridgehead atoms. The SMILES string of the molecule is CCN1CCC2(CC1)Oc1ccc(C)cc1C1CC(c3cccc(OC)c3)=NN12. The standard InChI is InChI=1S/C24H29N3O2/c1-4-26-12-10-24(11-13-26)27-22(20-14-17(2)8-9-23(20)29-24)16-21(25-27)18-6-5-7-19(15-18)28-3/h5-9,14-15,22H,4,10-13,16H2,1-3H3. The van der Waals surface area contributed by atoms with E-state index in [1.54, 1.807) is 7.11 Å². The Morgan fingerprint density at radius 2 is 2.00 bits per heavy atom. The van der Waals surface area contributed by atoms with E-state index >= 15 is 0 Å². The molecule has 29 heavy (non-hydrogen) atoms. The van der Waals surface area contributed by atoms with E-state index in [4.69, 9.17) is 14.6 Å². The highest BCUT2D eigenvalue weighted by molar-refractivity contribution is 6.02. The van der Waals surface area contributed by atoms with Crippen molar-refractivity contribution in [1.82, 2.24) is 9.91 Å². The van der Waals surface area contributed by atoms with Gasteiger partial charge >= 0.3 is 0 Å². The second kappa shape index (κ2) is 7.06. The van der Waals surface area contributed by atoms with Crippen LogP contribution in [-0.4, -0.2) is 48.1 Å². The van der Waals surface area contributed by atoms with Gasteiger partial charge in [-0.2, -0.15) is 5.10 Å². The Morgan fingerprint density at radius 1 is 1.17 bits per heavy atom. The third-order valence-electron chi connectivity index (χ3n) is 6.64. The maximum Gasteiger partial charge on any atom is 0.200 e. The molecule has 1 saturated heterocycles. The summed E-state index contributed by atoms with van der Waals surface area (Å²) in [5.41, 5.74) is 4.42. The molecule has 5 rings (SSSR count). The van der Waals surface area contributed by atoms with Crippen molar-refractivity contribution in [3.8, 4) is 11.5 Å². The van der Waals surface area contributed by atoms with Crippen LogP contribution in [0.2, 0.25) is 0 Å². The van der Waals surface area contributed by atoms with Gasteiger partial charge in [0.1, 0.15) is 11.5 Å². The Balaban J connectivity index is 1.56. The molecule has 0 aromatic heterocycles. The second-order valence-electron chi connectivity index (χ2n) is 8.37. The van der Waals surface area contributed by atoms with Crippen molar-refractivity contribution < 1.29 is 9.47 Å². The number of hydrogen-bond donors (Lipinski definition) is 0. The molecule has 152 valence electrons. The topological polar surface area (TPSA) is 37.3 Å². The first-order valence-corrected chi connectivity index (χ1v) is 10.6. The molecule has 1 spiro atoms. The van der Waals surface area contributed by atoms with Gasteiger partial charge in [-0.25, -0.2) is 5.01 Å². The van der Waals surface area contributed by atoms with Crippen molar-refractivity contribution in [2.24, 2.45) is 5.10 Å². The van der Waals surface area contributed by atoms with Gasteiger partial charge in [0, 0.05) is 43.5 Å². The van der Waals surface area contributed by atoms with E-state index in [9.17, 15) is 0 Å². The van der Waals surface area contributed by atoms with Gasteiger partial charge in [-0.05, 0) is 31.7 Å². The minimum atomic E-state index is -0.348. The predicted octanol–water partition coefficient (Wildman–Crippen LogP) is 4.36. The molecule has 0 radical (unpaired) electrons. The van der Waals surface area contributed by atoms with E-state index in [1.165, 1.54) is 11.1 Å². The molecule has 3 heterocycles. The summed E-state index contributed by atoms with van der Waals surface area (Å²) in [5, 5.41) is 7.45. The fourth-order valence-corrected chi connectivity index (χ4v) is 4.93. The van der Waals surface area contributed by atoms with Crippen molar-refractivity contribution >= 4 is 5.71 Å². The van der Waals surface area contributed by atoms with E-state index in [1.807, 2.05) is 12.1 Å². The molecule has 0 amide bonds. The molecule has 2 aromatic carbocycles. The van der Waals surface area contributed by atoms with Gasteiger partial charge in [0.15, 0.2) is 0 Å². The smallest absolute Gasteiger partial charge is 0.200 e. The summed E-state index contributed by atoms with van der Waals surface area (Å²) in [4.78, 5) is 2.50. The number of likely N-dealkylation sites (tertiary alicyclic amines) is 1. The first-order chi connectivity index (χ1) is 14.1. The number of methoxy groups -OCH3 is 1. The molecule has 1 fully saturated rings. The Morgan fingerprint density at radius 3 is 2.76 bits per heavy atom. The van der Waals surface area contributed by atoms with Gasteiger partial charge in [-0.1, -0.05) is 36.8 Å². The largest absolute Gasteiger partial charge is 0.497 e. The molecular weight excluding hydrogens is 362 g/mol. The lowest BCUT2D eigenvalue weighted by atomic mass is 9.90. The van der Waals surface area contributed by atoms with E-state index in [0.29, 0.717) is 0 Å². The number of piperidine rings is 1. The number of hydrogen-bond acceptors (Lipinski definition) is 5. The zero-order valence-corrected chi connectivity index (χ0v) is 17.5. The van der Waals surface area contributed by atoms with E-state index in [-0.39, 0.29) is 11.8 Å². The molecule has 1 unspecified atom stereocenters. The Kier molecular flexibility index (Phi) is 4.50. The summed E-state index contributed by atoms with van der Waals surface area (Å²) in [5.74, 6) is 1.90. The Labute approximate surface area is 172 Å². The third-order valence-corrected chi connectivity index (χ3v) is 6.64. The molecule has 0 aliphatic carbocycles. The fourth-order valence-electron chi connectivity index (χ4n) is 4.93. The number of ether oxygens (including phenoxy) is 2. The van der Waals surface area contributed by atoms with Crippen molar-refractivity contribution in [3.63, 3.8) is 0 Å². The van der Waals surface area contributed by atoms with Crippen LogP contribution < -0.4 is 9.47 Å². The van der Waals surface area contributed by atoms with Gasteiger partial charge in [0.25, 0.3) is 0 Å². The summed E-state index contributed by atoms with van der Waals surface area (Å²) in [6.07, 6.45) is 2.84. The Bertz CT molecular complexity index is 947. The van der Waals surface area contributed by atoms with Gasteiger partial charge < -0.3 is 14.4 Å². The predicted molar refractivity (Wildman–Crippen MR) is 115 cm³/mol. The zero-order chi connectivity index (χ0) is 20.0. The second-order valence-corrected chi connectivity index (χ2v) is 8.37. The number of fused-ring (bicyclic) bond motifs is 4. The zero-order valence-electron chi connectivity index (χ0n) is 17.5. The first kappa shape index (κ1) is 18.5. The van der Waals surface area contributed by atoms with Gasteiger partial charge in [-0.15, -0.1) is 0 Å². The monoisotopic (exact) mass is 391 g/mol. The summed E-state index contributed by atoms with van der Waals surface area (Å²) in [6.45, 7) is 7.56. The maximum absolute atomic E-state index is 6.72. The average Bonchev–Trinajstić information content (AvgIpc) is 3.22. The molecule has 2 aromatic rings. The highest BCUT2D eigenvalue weighted by Gasteiger charge is 2.51. The lowest BCUT2D eigenvalue weighted by Gasteiger charge is -2.51. The lowest BCUT2D eigenvalue weighted by molar-refractivity contribution is -0.149. The van der Waals surface area contributed by atoms with Crippen molar-refractivity contribution in [3.05, 3.63) is 59.2 Å². The first-order valence-electron chi connectivity index (χ1n) is 10.6. The van der Waals surface area contributed by atoms with Crippen LogP contribution in [0.4, 0.5) is 0 Å². The van der Waals surface area contributed by atoms with E-state index in [0.717, 1.165) is 61.7 Å². The molecule has 3 aliphatic rings. The minimum Gasteiger partial charge on any atom is -0.497 e. The minimum absolute atomic E-state index is 0.230. The highest BCUT2D eigenvalue weighted by atomic mass is 16.5. The molecule has 3 aliphatic heterocycles. The van der Waals surface area contributed by atoms with E-state index < -0.39 is 0 Å². The van der Waals surface area contributed by atoms with Crippen molar-refractivity contribution in [1.29, 1.82) is 0 Å². The number of aryl methyl sites for hydroxylation is 1. The Hall–Kier alpha value is -2.53. The van der Waals surface area contributed by atoms with Crippen LogP contribution in [0.5, 0.6) is 11.5 Å².